The molecule has 10 heteroatoms. The standard InChI is InChI=1S/C62H113N2O7P/c1-7-10-13-16-19-22-25-28-29-30-31-32-33-34-35-37-40-43-46-49-52-55-62(66)71-60(53-50-47-44-41-38-27-24-21-18-15-12-9-3)59(58-70-72(67,68)69-57-56-64(4,5)6)63-61(65)54-51-48-45-42-39-36-26-23-20-17-14-11-8-2/h10,13,19,22,28-29,31-32,34-35,50,53,59-60H,7-9,11-12,14-18,20-21,23-27,30,33,36-49,51-52,54-58H2,1-6H3,(H-,63,65,67,68)/p+1/b13-10-,22-19-,29-28-,32-31-,35-34-,53-50+. The monoisotopic (exact) mass is 1030 g/mol. The Morgan fingerprint density at radius 2 is 0.889 bits per heavy atom. The van der Waals surface area contributed by atoms with Gasteiger partial charge in [-0.1, -0.05) is 242 Å². The molecule has 0 aromatic carbocycles. The first-order chi connectivity index (χ1) is 34.9. The Morgan fingerprint density at radius 1 is 0.500 bits per heavy atom. The van der Waals surface area contributed by atoms with Gasteiger partial charge >= 0.3 is 13.8 Å². The van der Waals surface area contributed by atoms with Gasteiger partial charge in [0.15, 0.2) is 0 Å². The molecule has 1 amide bonds. The number of phosphoric acid groups is 1. The summed E-state index contributed by atoms with van der Waals surface area (Å²) in [5, 5.41) is 3.05. The van der Waals surface area contributed by atoms with Crippen LogP contribution in [0, 0.1) is 0 Å². The Hall–Kier alpha value is -2.55. The molecule has 0 aliphatic heterocycles. The number of carbonyl (C=O) groups is 2. The van der Waals surface area contributed by atoms with E-state index in [1.807, 2.05) is 33.3 Å². The van der Waals surface area contributed by atoms with Crippen molar-refractivity contribution in [3.05, 3.63) is 72.9 Å². The molecule has 3 atom stereocenters. The number of nitrogens with one attached hydrogen (secondary N) is 1. The number of nitrogens with zero attached hydrogens (tertiary/aromatic N) is 1. The zero-order valence-electron chi connectivity index (χ0n) is 47.7. The molecule has 0 saturated carbocycles. The maximum atomic E-state index is 13.5. The summed E-state index contributed by atoms with van der Waals surface area (Å²) in [6.07, 6.45) is 66.0. The number of carbonyl (C=O) groups excluding carboxylic acids is 2. The van der Waals surface area contributed by atoms with Crippen molar-refractivity contribution < 1.29 is 37.3 Å². The number of quaternary nitrogens is 1. The first kappa shape index (κ1) is 69.5. The summed E-state index contributed by atoms with van der Waals surface area (Å²) >= 11 is 0. The lowest BCUT2D eigenvalue weighted by Gasteiger charge is -2.27. The van der Waals surface area contributed by atoms with Crippen molar-refractivity contribution in [2.24, 2.45) is 0 Å². The van der Waals surface area contributed by atoms with Crippen molar-refractivity contribution in [3.63, 3.8) is 0 Å². The minimum absolute atomic E-state index is 0.0356. The highest BCUT2D eigenvalue weighted by atomic mass is 31.2. The number of unbranched alkanes of at least 4 members (excludes halogenated alkanes) is 27. The molecule has 0 radical (unpaired) electrons. The van der Waals surface area contributed by atoms with Crippen LogP contribution in [-0.4, -0.2) is 74.3 Å². The van der Waals surface area contributed by atoms with Gasteiger partial charge in [0, 0.05) is 12.8 Å². The number of likely N-dealkylation sites (N-methyl/N-ethyl adjacent to an activating group) is 1. The van der Waals surface area contributed by atoms with Gasteiger partial charge in [0.05, 0.1) is 33.8 Å². The summed E-state index contributed by atoms with van der Waals surface area (Å²) in [6.45, 7) is 6.88. The third kappa shape index (κ3) is 52.3. The van der Waals surface area contributed by atoms with Gasteiger partial charge in [0.1, 0.15) is 19.3 Å². The topological polar surface area (TPSA) is 111 Å². The number of phosphoric ester groups is 1. The van der Waals surface area contributed by atoms with E-state index in [9.17, 15) is 19.0 Å². The summed E-state index contributed by atoms with van der Waals surface area (Å²) in [5.74, 6) is -0.524. The maximum absolute atomic E-state index is 13.5. The number of rotatable bonds is 53. The quantitative estimate of drug-likeness (QED) is 0.0205. The normalized spacial score (nSPS) is 14.3. The summed E-state index contributed by atoms with van der Waals surface area (Å²) in [4.78, 5) is 37.6. The average Bonchev–Trinajstić information content (AvgIpc) is 3.34. The molecule has 418 valence electrons. The van der Waals surface area contributed by atoms with Crippen molar-refractivity contribution in [2.75, 3.05) is 40.9 Å². The van der Waals surface area contributed by atoms with E-state index in [1.54, 1.807) is 0 Å². The Labute approximate surface area is 444 Å². The van der Waals surface area contributed by atoms with Crippen molar-refractivity contribution >= 4 is 19.7 Å². The van der Waals surface area contributed by atoms with Gasteiger partial charge in [-0.2, -0.15) is 0 Å². The van der Waals surface area contributed by atoms with Gasteiger partial charge in [-0.25, -0.2) is 4.57 Å². The summed E-state index contributed by atoms with van der Waals surface area (Å²) < 4.78 is 30.6. The Balaban J connectivity index is 5.31. The first-order valence-electron chi connectivity index (χ1n) is 29.8. The molecule has 9 nitrogen and oxygen atoms in total. The third-order valence-corrected chi connectivity index (χ3v) is 13.9. The minimum atomic E-state index is -4.45. The second-order valence-electron chi connectivity index (χ2n) is 21.1. The summed E-state index contributed by atoms with van der Waals surface area (Å²) in [7, 11) is 1.48. The number of allylic oxidation sites excluding steroid dienone is 11. The van der Waals surface area contributed by atoms with E-state index in [-0.39, 0.29) is 31.5 Å². The average molecular weight is 1030 g/mol. The van der Waals surface area contributed by atoms with Crippen LogP contribution in [0.2, 0.25) is 0 Å². The lowest BCUT2D eigenvalue weighted by molar-refractivity contribution is -0.870. The Morgan fingerprint density at radius 3 is 1.33 bits per heavy atom. The highest BCUT2D eigenvalue weighted by molar-refractivity contribution is 7.47. The van der Waals surface area contributed by atoms with Crippen molar-refractivity contribution in [3.8, 4) is 0 Å². The number of hydrogen-bond donors (Lipinski definition) is 2. The molecule has 0 aromatic rings. The van der Waals surface area contributed by atoms with Crippen LogP contribution in [0.1, 0.15) is 258 Å². The summed E-state index contributed by atoms with van der Waals surface area (Å²) in [6, 6.07) is -0.856. The largest absolute Gasteiger partial charge is 0.472 e. The van der Waals surface area contributed by atoms with E-state index in [2.05, 4.69) is 86.8 Å². The molecule has 0 aromatic heterocycles. The van der Waals surface area contributed by atoms with Crippen LogP contribution in [0.15, 0.2) is 72.9 Å². The first-order valence-corrected chi connectivity index (χ1v) is 31.3. The molecular formula is C62H114N2O7P+. The molecule has 0 saturated heterocycles. The van der Waals surface area contributed by atoms with Crippen molar-refractivity contribution in [1.82, 2.24) is 5.32 Å². The van der Waals surface area contributed by atoms with E-state index in [4.69, 9.17) is 13.8 Å². The third-order valence-electron chi connectivity index (χ3n) is 12.9. The molecule has 3 unspecified atom stereocenters. The molecule has 72 heavy (non-hydrogen) atoms. The second kappa shape index (κ2) is 51.9. The van der Waals surface area contributed by atoms with Crippen LogP contribution in [0.25, 0.3) is 0 Å². The minimum Gasteiger partial charge on any atom is -0.456 e. The van der Waals surface area contributed by atoms with E-state index in [1.165, 1.54) is 116 Å². The van der Waals surface area contributed by atoms with Gasteiger partial charge in [-0.05, 0) is 76.7 Å². The van der Waals surface area contributed by atoms with Crippen LogP contribution < -0.4 is 5.32 Å². The van der Waals surface area contributed by atoms with E-state index < -0.39 is 20.0 Å². The number of esters is 1. The summed E-state index contributed by atoms with van der Waals surface area (Å²) in [5.41, 5.74) is 0. The van der Waals surface area contributed by atoms with Crippen molar-refractivity contribution in [2.45, 2.75) is 270 Å². The maximum Gasteiger partial charge on any atom is 0.472 e. The van der Waals surface area contributed by atoms with E-state index >= 15 is 0 Å². The Bertz CT molecular complexity index is 1460. The van der Waals surface area contributed by atoms with Crippen LogP contribution in [0.5, 0.6) is 0 Å². The fourth-order valence-electron chi connectivity index (χ4n) is 8.32. The zero-order chi connectivity index (χ0) is 52.9. The SMILES string of the molecule is CC/C=C\C/C=C\C/C=C\C/C=C\C/C=C\CCCCCCCC(=O)OC(/C=C/CCCCCCCCCCCC)C(COP(=O)(O)OCC[N+](C)(C)C)NC(=O)CCCCCCCCCCCCCCC. The van der Waals surface area contributed by atoms with Crippen LogP contribution in [-0.2, 0) is 27.9 Å². The second-order valence-corrected chi connectivity index (χ2v) is 22.6. The highest BCUT2D eigenvalue weighted by Crippen LogP contribution is 2.43. The zero-order valence-corrected chi connectivity index (χ0v) is 48.6. The fraction of sp³-hybridized carbons (Fsp3) is 0.774. The number of ether oxygens (including phenoxy) is 1. The van der Waals surface area contributed by atoms with Crippen LogP contribution in [0.4, 0.5) is 0 Å². The van der Waals surface area contributed by atoms with Crippen LogP contribution in [0.3, 0.4) is 0 Å². The van der Waals surface area contributed by atoms with Gasteiger partial charge in [-0.15, -0.1) is 0 Å². The van der Waals surface area contributed by atoms with Crippen LogP contribution >= 0.6 is 7.82 Å². The molecule has 0 heterocycles. The predicted octanol–water partition coefficient (Wildman–Crippen LogP) is 18.1. The van der Waals surface area contributed by atoms with Gasteiger partial charge in [0.25, 0.3) is 0 Å². The molecule has 0 spiro atoms. The molecule has 0 fully saturated rings. The predicted molar refractivity (Wildman–Crippen MR) is 309 cm³/mol. The Kier molecular flexibility index (Phi) is 50.1. The molecule has 0 bridgehead atoms. The number of hydrogen-bond acceptors (Lipinski definition) is 6. The van der Waals surface area contributed by atoms with Gasteiger partial charge in [-0.3, -0.25) is 18.6 Å². The number of amides is 1. The van der Waals surface area contributed by atoms with E-state index in [0.29, 0.717) is 23.9 Å². The molecule has 0 aliphatic carbocycles. The van der Waals surface area contributed by atoms with Crippen molar-refractivity contribution in [1.29, 1.82) is 0 Å². The molecule has 0 aliphatic rings. The lowest BCUT2D eigenvalue weighted by Crippen LogP contribution is -2.47. The fourth-order valence-corrected chi connectivity index (χ4v) is 9.06. The molecule has 2 N–H and O–H groups in total. The van der Waals surface area contributed by atoms with Gasteiger partial charge < -0.3 is 19.4 Å². The van der Waals surface area contributed by atoms with Gasteiger partial charge in [0.2, 0.25) is 5.91 Å². The molecular weight excluding hydrogens is 916 g/mol. The highest BCUT2D eigenvalue weighted by Gasteiger charge is 2.30. The lowest BCUT2D eigenvalue weighted by atomic mass is 10.0. The smallest absolute Gasteiger partial charge is 0.456 e. The molecule has 0 rings (SSSR count). The van der Waals surface area contributed by atoms with E-state index in [0.717, 1.165) is 103 Å².